The molecule has 9 heteroatoms. The summed E-state index contributed by atoms with van der Waals surface area (Å²) in [6.07, 6.45) is 1.77. The maximum Gasteiger partial charge on any atom is 0.279 e. The van der Waals surface area contributed by atoms with Gasteiger partial charge < -0.3 is 28.3 Å². The molecule has 0 fully saturated rings. The zero-order valence-electron chi connectivity index (χ0n) is 19.6. The summed E-state index contributed by atoms with van der Waals surface area (Å²) in [5.41, 5.74) is 1.25. The van der Waals surface area contributed by atoms with Gasteiger partial charge in [-0.25, -0.2) is 0 Å². The molecular weight excluding hydrogens is 456 g/mol. The summed E-state index contributed by atoms with van der Waals surface area (Å²) >= 11 is 1.40. The molecule has 0 saturated carbocycles. The van der Waals surface area contributed by atoms with Crippen molar-refractivity contribution >= 4 is 27.5 Å². The third-order valence-corrected chi connectivity index (χ3v) is 6.05. The number of hydrogen-bond acceptors (Lipinski definition) is 7. The molecule has 0 N–H and O–H groups in total. The molecule has 180 valence electrons. The van der Waals surface area contributed by atoms with Crippen molar-refractivity contribution in [3.63, 3.8) is 0 Å². The lowest BCUT2D eigenvalue weighted by Gasteiger charge is -2.18. The Kier molecular flexibility index (Phi) is 7.42. The van der Waals surface area contributed by atoms with Crippen LogP contribution in [0.2, 0.25) is 0 Å². The third-order valence-electron chi connectivity index (χ3n) is 5.01. The zero-order chi connectivity index (χ0) is 24.1. The summed E-state index contributed by atoms with van der Waals surface area (Å²) in [6, 6.07) is 7.14. The summed E-state index contributed by atoms with van der Waals surface area (Å²) < 4.78 is 31.5. The Labute approximate surface area is 202 Å². The highest BCUT2D eigenvalue weighted by Crippen LogP contribution is 2.39. The quantitative estimate of drug-likeness (QED) is 0.413. The molecule has 1 aromatic heterocycles. The van der Waals surface area contributed by atoms with Gasteiger partial charge in [-0.2, -0.15) is 4.99 Å². The van der Waals surface area contributed by atoms with Crippen LogP contribution in [0.15, 0.2) is 41.9 Å². The number of thiazole rings is 1. The molecule has 1 amide bonds. The minimum absolute atomic E-state index is 0.351. The van der Waals surface area contributed by atoms with E-state index in [4.69, 9.17) is 23.7 Å². The second-order valence-electron chi connectivity index (χ2n) is 7.27. The predicted molar refractivity (Wildman–Crippen MR) is 131 cm³/mol. The fraction of sp³-hybridized carbons (Fsp3) is 0.360. The van der Waals surface area contributed by atoms with Crippen molar-refractivity contribution in [3.8, 4) is 28.7 Å². The monoisotopic (exact) mass is 484 g/mol. The second-order valence-corrected chi connectivity index (χ2v) is 8.27. The summed E-state index contributed by atoms with van der Waals surface area (Å²) in [6.45, 7) is 12.3. The number of amides is 1. The molecule has 0 bridgehead atoms. The van der Waals surface area contributed by atoms with Crippen molar-refractivity contribution < 1.29 is 28.5 Å². The first kappa shape index (κ1) is 23.7. The van der Waals surface area contributed by atoms with Crippen LogP contribution in [-0.2, 0) is 6.54 Å². The van der Waals surface area contributed by atoms with Crippen molar-refractivity contribution in [1.82, 2.24) is 4.57 Å². The SMILES string of the molecule is C=CCn1c(=NC(=O)c2cc(OCC)c(OCC)c(OCC)c2)sc2cc3c(cc21)OCCO3. The number of benzene rings is 2. The number of hydrogen-bond donors (Lipinski definition) is 0. The lowest BCUT2D eigenvalue weighted by molar-refractivity contribution is 0.0996. The van der Waals surface area contributed by atoms with Gasteiger partial charge in [0.05, 0.1) is 30.0 Å². The van der Waals surface area contributed by atoms with Gasteiger partial charge in [-0.1, -0.05) is 17.4 Å². The van der Waals surface area contributed by atoms with Gasteiger partial charge in [0, 0.05) is 24.2 Å². The fourth-order valence-corrected chi connectivity index (χ4v) is 4.71. The van der Waals surface area contributed by atoms with Gasteiger partial charge in [0.1, 0.15) is 13.2 Å². The number of fused-ring (bicyclic) bond motifs is 2. The van der Waals surface area contributed by atoms with Gasteiger partial charge >= 0.3 is 0 Å². The highest BCUT2D eigenvalue weighted by atomic mass is 32.1. The molecule has 1 aliphatic heterocycles. The van der Waals surface area contributed by atoms with Crippen molar-refractivity contribution in [2.75, 3.05) is 33.0 Å². The average Bonchev–Trinajstić information content (AvgIpc) is 3.15. The number of rotatable bonds is 9. The Morgan fingerprint density at radius 3 is 2.24 bits per heavy atom. The molecule has 0 spiro atoms. The van der Waals surface area contributed by atoms with Gasteiger partial charge in [0.2, 0.25) is 5.75 Å². The van der Waals surface area contributed by atoms with E-state index in [1.165, 1.54) is 11.3 Å². The number of carbonyl (C=O) groups is 1. The molecule has 0 atom stereocenters. The van der Waals surface area contributed by atoms with Gasteiger partial charge in [-0.15, -0.1) is 6.58 Å². The molecule has 0 unspecified atom stereocenters. The molecule has 0 aliphatic carbocycles. The molecule has 8 nitrogen and oxygen atoms in total. The van der Waals surface area contributed by atoms with Crippen LogP contribution < -0.4 is 28.5 Å². The lowest BCUT2D eigenvalue weighted by atomic mass is 10.1. The van der Waals surface area contributed by atoms with Gasteiger partial charge in [0.15, 0.2) is 27.8 Å². The molecule has 0 radical (unpaired) electrons. The van der Waals surface area contributed by atoms with Crippen LogP contribution >= 0.6 is 11.3 Å². The first-order valence-corrected chi connectivity index (χ1v) is 12.1. The van der Waals surface area contributed by atoms with E-state index in [-0.39, 0.29) is 0 Å². The first-order valence-electron chi connectivity index (χ1n) is 11.3. The smallest absolute Gasteiger partial charge is 0.279 e. The van der Waals surface area contributed by atoms with Crippen LogP contribution in [0.1, 0.15) is 31.1 Å². The van der Waals surface area contributed by atoms with Crippen molar-refractivity contribution in [1.29, 1.82) is 0 Å². The highest BCUT2D eigenvalue weighted by Gasteiger charge is 2.20. The number of carbonyl (C=O) groups excluding carboxylic acids is 1. The van der Waals surface area contributed by atoms with Crippen LogP contribution in [0.3, 0.4) is 0 Å². The van der Waals surface area contributed by atoms with E-state index in [0.29, 0.717) is 78.7 Å². The van der Waals surface area contributed by atoms with Gasteiger partial charge in [-0.05, 0) is 32.9 Å². The van der Waals surface area contributed by atoms with Crippen LogP contribution in [0.25, 0.3) is 10.2 Å². The standard InChI is InChI=1S/C25H28N2O6S/c1-5-9-27-17-14-18-19(33-11-10-32-18)15-22(17)34-25(27)26-24(28)16-12-20(29-6-2)23(31-8-4)21(13-16)30-7-3/h5,12-15H,1,6-11H2,2-4H3. The summed E-state index contributed by atoms with van der Waals surface area (Å²) in [4.78, 5) is 18.3. The topological polar surface area (TPSA) is 80.5 Å². The van der Waals surface area contributed by atoms with Crippen molar-refractivity contribution in [2.24, 2.45) is 4.99 Å². The Morgan fingerprint density at radius 2 is 1.65 bits per heavy atom. The first-order chi connectivity index (χ1) is 16.6. The molecule has 0 saturated heterocycles. The van der Waals surface area contributed by atoms with E-state index < -0.39 is 5.91 Å². The van der Waals surface area contributed by atoms with Crippen LogP contribution in [0.5, 0.6) is 28.7 Å². The van der Waals surface area contributed by atoms with E-state index in [2.05, 4.69) is 11.6 Å². The highest BCUT2D eigenvalue weighted by molar-refractivity contribution is 7.16. The summed E-state index contributed by atoms with van der Waals surface area (Å²) in [5, 5.41) is 0. The molecule has 3 aromatic rings. The van der Waals surface area contributed by atoms with E-state index in [0.717, 1.165) is 10.2 Å². The van der Waals surface area contributed by atoms with E-state index in [1.807, 2.05) is 37.5 Å². The fourth-order valence-electron chi connectivity index (χ4n) is 3.66. The number of allylic oxidation sites excluding steroid dienone is 1. The maximum atomic E-state index is 13.3. The Bertz CT molecular complexity index is 1250. The van der Waals surface area contributed by atoms with Crippen LogP contribution in [0, 0.1) is 0 Å². The number of nitrogens with zero attached hydrogens (tertiary/aromatic N) is 2. The molecular formula is C25H28N2O6S. The largest absolute Gasteiger partial charge is 0.490 e. The van der Waals surface area contributed by atoms with Crippen molar-refractivity contribution in [3.05, 3.63) is 47.3 Å². The second kappa shape index (κ2) is 10.6. The van der Waals surface area contributed by atoms with E-state index in [1.54, 1.807) is 18.2 Å². The molecule has 4 rings (SSSR count). The summed E-state index contributed by atoms with van der Waals surface area (Å²) in [7, 11) is 0. The normalized spacial score (nSPS) is 13.1. The Balaban J connectivity index is 1.82. The molecule has 2 aromatic carbocycles. The van der Waals surface area contributed by atoms with Gasteiger partial charge in [0.25, 0.3) is 5.91 Å². The van der Waals surface area contributed by atoms with E-state index >= 15 is 0 Å². The maximum absolute atomic E-state index is 13.3. The minimum atomic E-state index is -0.411. The predicted octanol–water partition coefficient (Wildman–Crippen LogP) is 4.60. The summed E-state index contributed by atoms with van der Waals surface area (Å²) in [5.74, 6) is 2.35. The lowest BCUT2D eigenvalue weighted by Crippen LogP contribution is -2.17. The molecule has 1 aliphatic rings. The minimum Gasteiger partial charge on any atom is -0.490 e. The average molecular weight is 485 g/mol. The Morgan fingerprint density at radius 1 is 1.03 bits per heavy atom. The third kappa shape index (κ3) is 4.75. The molecule has 2 heterocycles. The zero-order valence-corrected chi connectivity index (χ0v) is 20.4. The van der Waals surface area contributed by atoms with Crippen LogP contribution in [-0.4, -0.2) is 43.5 Å². The Hall–Kier alpha value is -3.46. The molecule has 34 heavy (non-hydrogen) atoms. The number of aromatic nitrogens is 1. The van der Waals surface area contributed by atoms with Crippen molar-refractivity contribution in [2.45, 2.75) is 27.3 Å². The van der Waals surface area contributed by atoms with Gasteiger partial charge in [-0.3, -0.25) is 4.79 Å². The van der Waals surface area contributed by atoms with Crippen LogP contribution in [0.4, 0.5) is 0 Å². The van der Waals surface area contributed by atoms with E-state index in [9.17, 15) is 4.79 Å². The number of ether oxygens (including phenoxy) is 5.